The van der Waals surface area contributed by atoms with E-state index < -0.39 is 0 Å². The maximum Gasteiger partial charge on any atom is 0.0586 e. The fraction of sp³-hybridized carbons (Fsp3) is 0.647. The number of aliphatic hydroxyl groups is 1. The van der Waals surface area contributed by atoms with E-state index in [-0.39, 0.29) is 6.61 Å². The van der Waals surface area contributed by atoms with E-state index in [1.807, 2.05) is 0 Å². The van der Waals surface area contributed by atoms with Gasteiger partial charge in [-0.25, -0.2) is 0 Å². The van der Waals surface area contributed by atoms with E-state index in [1.165, 1.54) is 11.3 Å². The third kappa shape index (κ3) is 4.43. The fourth-order valence-corrected chi connectivity index (χ4v) is 2.95. The van der Waals surface area contributed by atoms with Crippen molar-refractivity contribution < 1.29 is 5.11 Å². The van der Waals surface area contributed by atoms with Gasteiger partial charge in [-0.15, -0.1) is 0 Å². The minimum atomic E-state index is 0.280. The lowest BCUT2D eigenvalue weighted by Gasteiger charge is -2.38. The van der Waals surface area contributed by atoms with Gasteiger partial charge in [-0.1, -0.05) is 19.1 Å². The number of hydrogen-bond acceptors (Lipinski definition) is 4. The topological polar surface area (TPSA) is 30.0 Å². The molecule has 1 unspecified atom stereocenters. The number of piperazine rings is 1. The smallest absolute Gasteiger partial charge is 0.0586 e. The van der Waals surface area contributed by atoms with E-state index in [0.29, 0.717) is 6.04 Å². The molecule has 1 aliphatic rings. The molecule has 1 N–H and O–H groups in total. The van der Waals surface area contributed by atoms with Crippen LogP contribution in [0.1, 0.15) is 18.9 Å². The van der Waals surface area contributed by atoms with E-state index in [9.17, 15) is 5.11 Å². The molecular formula is C17H29N3O. The normalized spacial score (nSPS) is 18.7. The molecule has 1 saturated heterocycles. The van der Waals surface area contributed by atoms with E-state index in [4.69, 9.17) is 0 Å². The third-order valence-electron chi connectivity index (χ3n) is 4.46. The van der Waals surface area contributed by atoms with Gasteiger partial charge in [0.25, 0.3) is 0 Å². The van der Waals surface area contributed by atoms with Crippen LogP contribution in [0.15, 0.2) is 24.3 Å². The third-order valence-corrected chi connectivity index (χ3v) is 4.46. The van der Waals surface area contributed by atoms with Crippen molar-refractivity contribution in [2.75, 3.05) is 51.8 Å². The van der Waals surface area contributed by atoms with Gasteiger partial charge in [0, 0.05) is 58.5 Å². The number of benzene rings is 1. The predicted octanol–water partition coefficient (Wildman–Crippen LogP) is 1.64. The van der Waals surface area contributed by atoms with Crippen LogP contribution in [-0.2, 0) is 6.54 Å². The van der Waals surface area contributed by atoms with Gasteiger partial charge < -0.3 is 10.0 Å². The Morgan fingerprint density at radius 2 is 1.71 bits per heavy atom. The van der Waals surface area contributed by atoms with E-state index in [1.54, 1.807) is 0 Å². The second-order valence-corrected chi connectivity index (χ2v) is 6.12. The van der Waals surface area contributed by atoms with Gasteiger partial charge in [0.1, 0.15) is 0 Å². The lowest BCUT2D eigenvalue weighted by atomic mass is 10.1. The van der Waals surface area contributed by atoms with E-state index in [2.05, 4.69) is 60.0 Å². The second-order valence-electron chi connectivity index (χ2n) is 6.12. The number of aliphatic hydroxyl groups excluding tert-OH is 1. The minimum Gasteiger partial charge on any atom is -0.395 e. The van der Waals surface area contributed by atoms with Crippen LogP contribution in [0, 0.1) is 0 Å². The summed E-state index contributed by atoms with van der Waals surface area (Å²) < 4.78 is 0. The van der Waals surface area contributed by atoms with Crippen LogP contribution in [0.3, 0.4) is 0 Å². The van der Waals surface area contributed by atoms with E-state index in [0.717, 1.165) is 39.1 Å². The highest BCUT2D eigenvalue weighted by molar-refractivity contribution is 5.45. The SMILES string of the molecule is CCC(CO)N1CCN(Cc2ccc(N(C)C)cc2)CC1. The molecule has 1 aliphatic heterocycles. The van der Waals surface area contributed by atoms with Gasteiger partial charge in [0.15, 0.2) is 0 Å². The van der Waals surface area contributed by atoms with Crippen LogP contribution in [0.5, 0.6) is 0 Å². The number of rotatable bonds is 6. The molecule has 0 radical (unpaired) electrons. The summed E-state index contributed by atoms with van der Waals surface area (Å²) in [7, 11) is 4.14. The van der Waals surface area contributed by atoms with Gasteiger partial charge in [-0.05, 0) is 24.1 Å². The Morgan fingerprint density at radius 1 is 1.10 bits per heavy atom. The van der Waals surface area contributed by atoms with Gasteiger partial charge in [0.2, 0.25) is 0 Å². The van der Waals surface area contributed by atoms with Crippen molar-refractivity contribution in [3.63, 3.8) is 0 Å². The molecule has 1 fully saturated rings. The van der Waals surface area contributed by atoms with Crippen molar-refractivity contribution in [1.29, 1.82) is 0 Å². The molecular weight excluding hydrogens is 262 g/mol. The first-order valence-corrected chi connectivity index (χ1v) is 7.97. The molecule has 0 aromatic heterocycles. The van der Waals surface area contributed by atoms with Crippen LogP contribution in [0.4, 0.5) is 5.69 Å². The fourth-order valence-electron chi connectivity index (χ4n) is 2.95. The van der Waals surface area contributed by atoms with Gasteiger partial charge in [-0.2, -0.15) is 0 Å². The summed E-state index contributed by atoms with van der Waals surface area (Å²) in [6.07, 6.45) is 1.03. The van der Waals surface area contributed by atoms with Gasteiger partial charge >= 0.3 is 0 Å². The zero-order chi connectivity index (χ0) is 15.2. The summed E-state index contributed by atoms with van der Waals surface area (Å²) in [5, 5.41) is 9.39. The zero-order valence-corrected chi connectivity index (χ0v) is 13.6. The average Bonchev–Trinajstić information content (AvgIpc) is 2.51. The Morgan fingerprint density at radius 3 is 2.19 bits per heavy atom. The molecule has 118 valence electrons. The summed E-state index contributed by atoms with van der Waals surface area (Å²) >= 11 is 0. The molecule has 2 rings (SSSR count). The predicted molar refractivity (Wildman–Crippen MR) is 88.8 cm³/mol. The van der Waals surface area contributed by atoms with Crippen LogP contribution in [-0.4, -0.2) is 67.8 Å². The van der Waals surface area contributed by atoms with Crippen LogP contribution >= 0.6 is 0 Å². The van der Waals surface area contributed by atoms with Crippen molar-refractivity contribution in [2.24, 2.45) is 0 Å². The maximum absolute atomic E-state index is 9.39. The van der Waals surface area contributed by atoms with Crippen molar-refractivity contribution in [2.45, 2.75) is 25.9 Å². The minimum absolute atomic E-state index is 0.280. The Hall–Kier alpha value is -1.10. The average molecular weight is 291 g/mol. The van der Waals surface area contributed by atoms with Gasteiger partial charge in [0.05, 0.1) is 6.61 Å². The molecule has 1 aromatic rings. The van der Waals surface area contributed by atoms with Crippen LogP contribution in [0.2, 0.25) is 0 Å². The Balaban J connectivity index is 1.83. The standard InChI is InChI=1S/C17H29N3O/c1-4-16(14-21)20-11-9-19(10-12-20)13-15-5-7-17(8-6-15)18(2)3/h5-8,16,21H,4,9-14H2,1-3H3. The Labute approximate surface area is 129 Å². The van der Waals surface area contributed by atoms with Crippen molar-refractivity contribution in [1.82, 2.24) is 9.80 Å². The summed E-state index contributed by atoms with van der Waals surface area (Å²) in [5.74, 6) is 0. The largest absolute Gasteiger partial charge is 0.395 e. The number of hydrogen-bond donors (Lipinski definition) is 1. The lowest BCUT2D eigenvalue weighted by molar-refractivity contribution is 0.0608. The quantitative estimate of drug-likeness (QED) is 0.863. The van der Waals surface area contributed by atoms with Crippen molar-refractivity contribution in [3.8, 4) is 0 Å². The Bertz CT molecular complexity index is 407. The molecule has 0 saturated carbocycles. The number of nitrogens with zero attached hydrogens (tertiary/aromatic N) is 3. The molecule has 0 amide bonds. The highest BCUT2D eigenvalue weighted by Crippen LogP contribution is 2.15. The molecule has 0 bridgehead atoms. The molecule has 4 nitrogen and oxygen atoms in total. The summed E-state index contributed by atoms with van der Waals surface area (Å²) in [4.78, 5) is 7.05. The van der Waals surface area contributed by atoms with Crippen LogP contribution in [0.25, 0.3) is 0 Å². The summed E-state index contributed by atoms with van der Waals surface area (Å²) in [6, 6.07) is 9.16. The Kier molecular flexibility index (Phi) is 6.03. The van der Waals surface area contributed by atoms with Crippen LogP contribution < -0.4 is 4.90 Å². The number of anilines is 1. The summed E-state index contributed by atoms with van der Waals surface area (Å²) in [6.45, 7) is 7.76. The molecule has 1 aromatic carbocycles. The second kappa shape index (κ2) is 7.78. The first-order chi connectivity index (χ1) is 10.1. The molecule has 1 heterocycles. The summed E-state index contributed by atoms with van der Waals surface area (Å²) in [5.41, 5.74) is 2.63. The lowest BCUT2D eigenvalue weighted by Crippen LogP contribution is -2.50. The first-order valence-electron chi connectivity index (χ1n) is 7.97. The molecule has 0 spiro atoms. The molecule has 0 aliphatic carbocycles. The van der Waals surface area contributed by atoms with Crippen molar-refractivity contribution >= 4 is 5.69 Å². The van der Waals surface area contributed by atoms with Gasteiger partial charge in [-0.3, -0.25) is 9.80 Å². The molecule has 4 heteroatoms. The molecule has 1 atom stereocenters. The molecule has 21 heavy (non-hydrogen) atoms. The monoisotopic (exact) mass is 291 g/mol. The maximum atomic E-state index is 9.39. The highest BCUT2D eigenvalue weighted by atomic mass is 16.3. The van der Waals surface area contributed by atoms with E-state index >= 15 is 0 Å². The zero-order valence-electron chi connectivity index (χ0n) is 13.6. The van der Waals surface area contributed by atoms with Crippen molar-refractivity contribution in [3.05, 3.63) is 29.8 Å². The highest BCUT2D eigenvalue weighted by Gasteiger charge is 2.22. The first kappa shape index (κ1) is 16.3.